The van der Waals surface area contributed by atoms with Crippen LogP contribution in [-0.2, 0) is 22.2 Å². The van der Waals surface area contributed by atoms with E-state index in [0.717, 1.165) is 95.6 Å². The van der Waals surface area contributed by atoms with Gasteiger partial charge >= 0.3 is 6.18 Å². The Bertz CT molecular complexity index is 683. The first-order chi connectivity index (χ1) is 15.0. The van der Waals surface area contributed by atoms with Crippen LogP contribution < -0.4 is 5.32 Å². The Labute approximate surface area is 182 Å². The molecule has 31 heavy (non-hydrogen) atoms. The zero-order valence-electron chi connectivity index (χ0n) is 18.2. The Morgan fingerprint density at radius 3 is 2.55 bits per heavy atom. The average Bonchev–Trinajstić information content (AvgIpc) is 3.27. The van der Waals surface area contributed by atoms with Crippen LogP contribution in [0.1, 0.15) is 24.0 Å². The van der Waals surface area contributed by atoms with Crippen LogP contribution in [0.2, 0.25) is 0 Å². The second kappa shape index (κ2) is 11.7. The van der Waals surface area contributed by atoms with Gasteiger partial charge in [0.15, 0.2) is 5.96 Å². The van der Waals surface area contributed by atoms with Crippen LogP contribution in [0.4, 0.5) is 13.2 Å². The van der Waals surface area contributed by atoms with Gasteiger partial charge in [-0.1, -0.05) is 12.1 Å². The standard InChI is InChI=1S/C22H33F3N4O2/c1-26-21(27-8-2-13-30-16-19-7-14-31-17-19)29-11-9-28(10-12-29)15-18-3-5-20(6-4-18)22(23,24)25/h3-6,19H,2,7-17H2,1H3,(H,26,27). The van der Waals surface area contributed by atoms with Crippen molar-refractivity contribution in [3.63, 3.8) is 0 Å². The van der Waals surface area contributed by atoms with Crippen LogP contribution >= 0.6 is 0 Å². The quantitative estimate of drug-likeness (QED) is 0.381. The number of benzene rings is 1. The first-order valence-corrected chi connectivity index (χ1v) is 11.0. The molecule has 2 saturated heterocycles. The molecule has 0 bridgehead atoms. The van der Waals surface area contributed by atoms with E-state index in [0.29, 0.717) is 12.5 Å². The summed E-state index contributed by atoms with van der Waals surface area (Å²) in [6.07, 6.45) is -2.28. The number of aliphatic imine (C=N–C) groups is 1. The molecule has 0 radical (unpaired) electrons. The van der Waals surface area contributed by atoms with Gasteiger partial charge in [-0.3, -0.25) is 9.89 Å². The van der Waals surface area contributed by atoms with E-state index in [1.165, 1.54) is 0 Å². The largest absolute Gasteiger partial charge is 0.416 e. The number of piperazine rings is 1. The molecule has 2 heterocycles. The second-order valence-electron chi connectivity index (χ2n) is 8.09. The zero-order valence-corrected chi connectivity index (χ0v) is 18.2. The van der Waals surface area contributed by atoms with Crippen molar-refractivity contribution >= 4 is 5.96 Å². The number of hydrogen-bond donors (Lipinski definition) is 1. The SMILES string of the molecule is CN=C(NCCCOCC1CCOC1)N1CCN(Cc2ccc(C(F)(F)F)cc2)CC1. The van der Waals surface area contributed by atoms with Gasteiger partial charge in [0.05, 0.1) is 18.8 Å². The van der Waals surface area contributed by atoms with Gasteiger partial charge in [0.1, 0.15) is 0 Å². The molecule has 1 atom stereocenters. The second-order valence-corrected chi connectivity index (χ2v) is 8.09. The normalized spacial score (nSPS) is 21.0. The number of guanidine groups is 1. The smallest absolute Gasteiger partial charge is 0.381 e. The number of halogens is 3. The summed E-state index contributed by atoms with van der Waals surface area (Å²) in [5, 5.41) is 3.40. The molecule has 0 spiro atoms. The van der Waals surface area contributed by atoms with E-state index >= 15 is 0 Å². The minimum atomic E-state index is -4.29. The third-order valence-electron chi connectivity index (χ3n) is 5.70. The van der Waals surface area contributed by atoms with Gasteiger partial charge in [-0.05, 0) is 30.5 Å². The fraction of sp³-hybridized carbons (Fsp3) is 0.682. The molecule has 2 aliphatic rings. The summed E-state index contributed by atoms with van der Waals surface area (Å²) in [5.41, 5.74) is 0.294. The molecule has 174 valence electrons. The molecule has 9 heteroatoms. The summed E-state index contributed by atoms with van der Waals surface area (Å²) in [7, 11) is 1.79. The summed E-state index contributed by atoms with van der Waals surface area (Å²) in [6, 6.07) is 5.44. The predicted molar refractivity (Wildman–Crippen MR) is 114 cm³/mol. The van der Waals surface area contributed by atoms with Crippen LogP contribution in [0.5, 0.6) is 0 Å². The number of nitrogens with zero attached hydrogens (tertiary/aromatic N) is 3. The first kappa shape index (κ1) is 23.8. The Balaban J connectivity index is 1.32. The number of rotatable bonds is 8. The molecule has 3 rings (SSSR count). The van der Waals surface area contributed by atoms with E-state index in [1.54, 1.807) is 19.2 Å². The lowest BCUT2D eigenvalue weighted by Gasteiger charge is -2.36. The van der Waals surface area contributed by atoms with Gasteiger partial charge in [0.25, 0.3) is 0 Å². The van der Waals surface area contributed by atoms with Gasteiger partial charge in [0, 0.05) is 65.4 Å². The fourth-order valence-electron chi connectivity index (χ4n) is 3.85. The molecule has 1 unspecified atom stereocenters. The summed E-state index contributed by atoms with van der Waals surface area (Å²) < 4.78 is 49.2. The predicted octanol–water partition coefficient (Wildman–Crippen LogP) is 2.84. The van der Waals surface area contributed by atoms with Crippen molar-refractivity contribution in [1.29, 1.82) is 0 Å². The van der Waals surface area contributed by atoms with Gasteiger partial charge in [-0.2, -0.15) is 13.2 Å². The lowest BCUT2D eigenvalue weighted by Crippen LogP contribution is -2.52. The first-order valence-electron chi connectivity index (χ1n) is 11.0. The third-order valence-corrected chi connectivity index (χ3v) is 5.70. The molecule has 0 aromatic heterocycles. The van der Waals surface area contributed by atoms with Gasteiger partial charge in [0.2, 0.25) is 0 Å². The summed E-state index contributed by atoms with van der Waals surface area (Å²) in [5.74, 6) is 1.43. The molecule has 1 aromatic carbocycles. The zero-order chi connectivity index (χ0) is 22.1. The summed E-state index contributed by atoms with van der Waals surface area (Å²) >= 11 is 0. The van der Waals surface area contributed by atoms with Crippen LogP contribution in [0, 0.1) is 5.92 Å². The highest BCUT2D eigenvalue weighted by Crippen LogP contribution is 2.29. The number of nitrogens with one attached hydrogen (secondary N) is 1. The van der Waals surface area contributed by atoms with Crippen LogP contribution in [0.3, 0.4) is 0 Å². The van der Waals surface area contributed by atoms with E-state index in [4.69, 9.17) is 9.47 Å². The van der Waals surface area contributed by atoms with Crippen molar-refractivity contribution in [3.05, 3.63) is 35.4 Å². The van der Waals surface area contributed by atoms with E-state index < -0.39 is 11.7 Å². The highest BCUT2D eigenvalue weighted by atomic mass is 19.4. The van der Waals surface area contributed by atoms with E-state index in [1.807, 2.05) is 0 Å². The molecule has 0 saturated carbocycles. The fourth-order valence-corrected chi connectivity index (χ4v) is 3.85. The maximum Gasteiger partial charge on any atom is 0.416 e. The number of hydrogen-bond acceptors (Lipinski definition) is 4. The van der Waals surface area contributed by atoms with Gasteiger partial charge < -0.3 is 19.7 Å². The van der Waals surface area contributed by atoms with Crippen molar-refractivity contribution in [3.8, 4) is 0 Å². The molecule has 1 aromatic rings. The Kier molecular flexibility index (Phi) is 8.98. The van der Waals surface area contributed by atoms with Gasteiger partial charge in [-0.25, -0.2) is 0 Å². The Hall–Kier alpha value is -1.84. The van der Waals surface area contributed by atoms with E-state index in [-0.39, 0.29) is 0 Å². The molecule has 2 fully saturated rings. The van der Waals surface area contributed by atoms with Crippen molar-refractivity contribution in [2.45, 2.75) is 25.6 Å². The molecular formula is C22H33F3N4O2. The minimum absolute atomic E-state index is 0.541. The summed E-state index contributed by atoms with van der Waals surface area (Å²) in [4.78, 5) is 8.86. The lowest BCUT2D eigenvalue weighted by molar-refractivity contribution is -0.137. The van der Waals surface area contributed by atoms with Crippen molar-refractivity contribution < 1.29 is 22.6 Å². The highest BCUT2D eigenvalue weighted by Gasteiger charge is 2.30. The van der Waals surface area contributed by atoms with Gasteiger partial charge in [-0.15, -0.1) is 0 Å². The van der Waals surface area contributed by atoms with E-state index in [9.17, 15) is 13.2 Å². The molecule has 0 amide bonds. The topological polar surface area (TPSA) is 49.3 Å². The molecule has 2 aliphatic heterocycles. The molecule has 1 N–H and O–H groups in total. The van der Waals surface area contributed by atoms with Crippen molar-refractivity contribution in [1.82, 2.24) is 15.1 Å². The van der Waals surface area contributed by atoms with Crippen LogP contribution in [0.25, 0.3) is 0 Å². The summed E-state index contributed by atoms with van der Waals surface area (Å²) in [6.45, 7) is 7.97. The third kappa shape index (κ3) is 7.66. The molecule has 0 aliphatic carbocycles. The monoisotopic (exact) mass is 442 g/mol. The van der Waals surface area contributed by atoms with Crippen LogP contribution in [-0.4, -0.2) is 82.0 Å². The van der Waals surface area contributed by atoms with E-state index in [2.05, 4.69) is 20.1 Å². The molecular weight excluding hydrogens is 409 g/mol. The number of ether oxygens (including phenoxy) is 2. The number of alkyl halides is 3. The Morgan fingerprint density at radius 2 is 1.94 bits per heavy atom. The van der Waals surface area contributed by atoms with Crippen molar-refractivity contribution in [2.75, 3.05) is 66.2 Å². The maximum atomic E-state index is 12.7. The molecule has 6 nitrogen and oxygen atoms in total. The lowest BCUT2D eigenvalue weighted by atomic mass is 10.1. The Morgan fingerprint density at radius 1 is 1.19 bits per heavy atom. The minimum Gasteiger partial charge on any atom is -0.381 e. The maximum absolute atomic E-state index is 12.7. The van der Waals surface area contributed by atoms with Crippen molar-refractivity contribution in [2.24, 2.45) is 10.9 Å². The average molecular weight is 443 g/mol. The van der Waals surface area contributed by atoms with Crippen LogP contribution in [0.15, 0.2) is 29.3 Å². The highest BCUT2D eigenvalue weighted by molar-refractivity contribution is 5.79.